The van der Waals surface area contributed by atoms with Crippen molar-refractivity contribution in [2.24, 2.45) is 5.73 Å². The van der Waals surface area contributed by atoms with Gasteiger partial charge >= 0.3 is 0 Å². The number of aromatic nitrogens is 1. The third-order valence-electron chi connectivity index (χ3n) is 2.97. The van der Waals surface area contributed by atoms with Crippen molar-refractivity contribution in [3.63, 3.8) is 0 Å². The number of nitrogens with two attached hydrogens (primary N) is 1. The number of carbonyl (C=O) groups excluding carboxylic acids is 1. The summed E-state index contributed by atoms with van der Waals surface area (Å²) in [4.78, 5) is 15.8. The van der Waals surface area contributed by atoms with Gasteiger partial charge < -0.3 is 5.73 Å². The number of primary amides is 1. The number of hydrogen-bond donors (Lipinski definition) is 1. The molecule has 3 heteroatoms. The van der Waals surface area contributed by atoms with E-state index in [9.17, 15) is 4.79 Å². The summed E-state index contributed by atoms with van der Waals surface area (Å²) < 4.78 is 0. The highest BCUT2D eigenvalue weighted by Gasteiger charge is 2.10. The zero-order valence-corrected chi connectivity index (χ0v) is 10.2. The molecule has 1 aromatic heterocycles. The molecule has 1 heterocycles. The minimum Gasteiger partial charge on any atom is -0.366 e. The third-order valence-corrected chi connectivity index (χ3v) is 2.97. The number of nitrogens with zero attached hydrogens (tertiary/aromatic N) is 1. The summed E-state index contributed by atoms with van der Waals surface area (Å²) in [7, 11) is 0. The summed E-state index contributed by atoms with van der Waals surface area (Å²) in [6.45, 7) is 4.09. The first-order valence-electron chi connectivity index (χ1n) is 5.81. The molecule has 0 atom stereocenters. The summed E-state index contributed by atoms with van der Waals surface area (Å²) in [5.74, 6) is -0.362. The maximum atomic E-state index is 11.5. The normalized spacial score (nSPS) is 10.7. The van der Waals surface area contributed by atoms with E-state index in [1.165, 1.54) is 0 Å². The number of hydrogen-bond acceptors (Lipinski definition) is 2. The molecule has 0 aliphatic rings. The van der Waals surface area contributed by atoms with Crippen LogP contribution in [0.5, 0.6) is 0 Å². The predicted octanol–water partition coefficient (Wildman–Crippen LogP) is 2.59. The predicted molar refractivity (Wildman–Crippen MR) is 69.0 cm³/mol. The summed E-state index contributed by atoms with van der Waals surface area (Å²) in [6.07, 6.45) is 3.62. The highest BCUT2D eigenvalue weighted by atomic mass is 16.1. The van der Waals surface area contributed by atoms with Crippen LogP contribution < -0.4 is 5.73 Å². The smallest absolute Gasteiger partial charge is 0.249 e. The molecular weight excluding hydrogens is 212 g/mol. The van der Waals surface area contributed by atoms with Crippen molar-refractivity contribution in [3.8, 4) is 0 Å². The van der Waals surface area contributed by atoms with Crippen LogP contribution >= 0.6 is 0 Å². The van der Waals surface area contributed by atoms with E-state index in [2.05, 4.69) is 11.9 Å². The molecule has 0 unspecified atom stereocenters. The summed E-state index contributed by atoms with van der Waals surface area (Å²) in [5, 5.41) is 1.00. The van der Waals surface area contributed by atoms with Gasteiger partial charge in [-0.15, -0.1) is 0 Å². The van der Waals surface area contributed by atoms with Crippen LogP contribution in [-0.4, -0.2) is 10.9 Å². The Morgan fingerprint density at radius 3 is 2.82 bits per heavy atom. The summed E-state index contributed by atoms with van der Waals surface area (Å²) >= 11 is 0. The lowest BCUT2D eigenvalue weighted by molar-refractivity contribution is 0.0999. The minimum absolute atomic E-state index is 0.362. The molecule has 88 valence electrons. The molecule has 2 rings (SSSR count). The van der Waals surface area contributed by atoms with Crippen LogP contribution in [-0.2, 0) is 6.42 Å². The van der Waals surface area contributed by atoms with Crippen molar-refractivity contribution in [2.45, 2.75) is 26.7 Å². The molecule has 1 aromatic carbocycles. The van der Waals surface area contributed by atoms with Gasteiger partial charge in [0.25, 0.3) is 0 Å². The molecule has 1 amide bonds. The second-order valence-electron chi connectivity index (χ2n) is 4.27. The molecule has 2 N–H and O–H groups in total. The van der Waals surface area contributed by atoms with E-state index >= 15 is 0 Å². The summed E-state index contributed by atoms with van der Waals surface area (Å²) in [6, 6.07) is 5.78. The van der Waals surface area contributed by atoms with Gasteiger partial charge in [-0.1, -0.05) is 13.3 Å². The Morgan fingerprint density at radius 2 is 2.18 bits per heavy atom. The monoisotopic (exact) mass is 228 g/mol. The van der Waals surface area contributed by atoms with E-state index < -0.39 is 0 Å². The molecule has 17 heavy (non-hydrogen) atoms. The van der Waals surface area contributed by atoms with Crippen LogP contribution in [0.3, 0.4) is 0 Å². The fourth-order valence-electron chi connectivity index (χ4n) is 2.08. The van der Waals surface area contributed by atoms with Crippen molar-refractivity contribution >= 4 is 16.8 Å². The lowest BCUT2D eigenvalue weighted by atomic mass is 9.98. The third kappa shape index (κ3) is 2.13. The largest absolute Gasteiger partial charge is 0.366 e. The quantitative estimate of drug-likeness (QED) is 0.877. The molecule has 3 nitrogen and oxygen atoms in total. The fourth-order valence-corrected chi connectivity index (χ4v) is 2.08. The van der Waals surface area contributed by atoms with Gasteiger partial charge in [0.1, 0.15) is 0 Å². The first kappa shape index (κ1) is 11.6. The Morgan fingerprint density at radius 1 is 1.41 bits per heavy atom. The van der Waals surface area contributed by atoms with Crippen molar-refractivity contribution in [2.75, 3.05) is 0 Å². The van der Waals surface area contributed by atoms with Crippen molar-refractivity contribution < 1.29 is 4.79 Å². The van der Waals surface area contributed by atoms with Crippen molar-refractivity contribution in [1.82, 2.24) is 4.98 Å². The van der Waals surface area contributed by atoms with E-state index in [4.69, 9.17) is 5.73 Å². The second kappa shape index (κ2) is 4.53. The van der Waals surface area contributed by atoms with Crippen LogP contribution in [0.1, 0.15) is 34.8 Å². The number of benzene rings is 1. The van der Waals surface area contributed by atoms with Crippen molar-refractivity contribution in [1.29, 1.82) is 0 Å². The van der Waals surface area contributed by atoms with E-state index in [0.29, 0.717) is 5.56 Å². The Labute approximate surface area is 101 Å². The number of carbonyl (C=O) groups is 1. The van der Waals surface area contributed by atoms with E-state index in [-0.39, 0.29) is 5.91 Å². The first-order chi connectivity index (χ1) is 8.13. The molecule has 0 saturated heterocycles. The summed E-state index contributed by atoms with van der Waals surface area (Å²) in [5.41, 5.74) is 9.08. The van der Waals surface area contributed by atoms with Gasteiger partial charge in [0, 0.05) is 17.1 Å². The highest BCUT2D eigenvalue weighted by molar-refractivity contribution is 5.99. The Kier molecular flexibility index (Phi) is 3.09. The van der Waals surface area contributed by atoms with Crippen LogP contribution in [0.4, 0.5) is 0 Å². The van der Waals surface area contributed by atoms with E-state index in [1.54, 1.807) is 6.20 Å². The van der Waals surface area contributed by atoms with Crippen LogP contribution in [0.25, 0.3) is 10.9 Å². The zero-order valence-electron chi connectivity index (χ0n) is 10.2. The lowest BCUT2D eigenvalue weighted by Crippen LogP contribution is -2.14. The number of rotatable bonds is 3. The number of amides is 1. The average Bonchev–Trinajstić information content (AvgIpc) is 2.29. The van der Waals surface area contributed by atoms with Crippen molar-refractivity contribution in [3.05, 3.63) is 41.1 Å². The molecule has 0 aliphatic heterocycles. The fraction of sp³-hybridized carbons (Fsp3) is 0.286. The van der Waals surface area contributed by atoms with Gasteiger partial charge in [-0.25, -0.2) is 0 Å². The molecule has 0 saturated carbocycles. The first-order valence-corrected chi connectivity index (χ1v) is 5.81. The Balaban J connectivity index is 2.72. The number of fused-ring (bicyclic) bond motifs is 1. The molecular formula is C14H16N2O. The second-order valence-corrected chi connectivity index (χ2v) is 4.27. The topological polar surface area (TPSA) is 56.0 Å². The lowest BCUT2D eigenvalue weighted by Gasteiger charge is -2.09. The average molecular weight is 228 g/mol. The SMILES string of the molecule is CCCc1cc2nccc(C)c2cc1C(N)=O. The zero-order chi connectivity index (χ0) is 12.4. The Hall–Kier alpha value is -1.90. The van der Waals surface area contributed by atoms with E-state index in [0.717, 1.165) is 34.9 Å². The standard InChI is InChI=1S/C14H16N2O/c1-3-4-10-7-13-11(8-12(10)14(15)17)9(2)5-6-16-13/h5-8H,3-4H2,1-2H3,(H2,15,17). The number of aryl methyl sites for hydroxylation is 2. The number of pyridine rings is 1. The highest BCUT2D eigenvalue weighted by Crippen LogP contribution is 2.22. The molecule has 0 fully saturated rings. The molecule has 0 radical (unpaired) electrons. The van der Waals surface area contributed by atoms with Crippen LogP contribution in [0, 0.1) is 6.92 Å². The Bertz CT molecular complexity index is 576. The molecule has 0 bridgehead atoms. The minimum atomic E-state index is -0.362. The van der Waals surface area contributed by atoms with Gasteiger partial charge in [-0.2, -0.15) is 0 Å². The van der Waals surface area contributed by atoms with Crippen LogP contribution in [0.2, 0.25) is 0 Å². The van der Waals surface area contributed by atoms with Crippen LogP contribution in [0.15, 0.2) is 24.4 Å². The molecule has 0 aliphatic carbocycles. The van der Waals surface area contributed by atoms with E-state index in [1.807, 2.05) is 25.1 Å². The van der Waals surface area contributed by atoms with Gasteiger partial charge in [-0.3, -0.25) is 9.78 Å². The van der Waals surface area contributed by atoms with Gasteiger partial charge in [-0.05, 0) is 42.7 Å². The molecule has 0 spiro atoms. The maximum Gasteiger partial charge on any atom is 0.249 e. The van der Waals surface area contributed by atoms with Gasteiger partial charge in [0.2, 0.25) is 5.91 Å². The molecule has 2 aromatic rings. The maximum absolute atomic E-state index is 11.5. The van der Waals surface area contributed by atoms with Gasteiger partial charge in [0.15, 0.2) is 0 Å². The van der Waals surface area contributed by atoms with Gasteiger partial charge in [0.05, 0.1) is 5.52 Å².